The van der Waals surface area contributed by atoms with Gasteiger partial charge < -0.3 is 14.9 Å². The van der Waals surface area contributed by atoms with Crippen molar-refractivity contribution in [3.63, 3.8) is 0 Å². The van der Waals surface area contributed by atoms with Crippen LogP contribution >= 0.6 is 0 Å². The minimum absolute atomic E-state index is 0.0464. The average Bonchev–Trinajstić information content (AvgIpc) is 2.90. The van der Waals surface area contributed by atoms with Gasteiger partial charge in [-0.15, -0.1) is 0 Å². The molecule has 4 nitrogen and oxygen atoms in total. The summed E-state index contributed by atoms with van der Waals surface area (Å²) >= 11 is 0. The van der Waals surface area contributed by atoms with Crippen molar-refractivity contribution in [2.24, 2.45) is 0 Å². The van der Waals surface area contributed by atoms with E-state index in [1.165, 1.54) is 5.56 Å². The lowest BCUT2D eigenvalue weighted by Gasteiger charge is -2.60. The van der Waals surface area contributed by atoms with Gasteiger partial charge in [0.05, 0.1) is 12.0 Å². The third kappa shape index (κ3) is 1.31. The van der Waals surface area contributed by atoms with E-state index < -0.39 is 11.0 Å². The highest BCUT2D eigenvalue weighted by atomic mass is 16.5. The van der Waals surface area contributed by atoms with E-state index in [0.29, 0.717) is 0 Å². The topological polar surface area (TPSA) is 52.9 Å². The molecule has 1 saturated heterocycles. The summed E-state index contributed by atoms with van der Waals surface area (Å²) in [5, 5.41) is 21.5. The van der Waals surface area contributed by atoms with E-state index in [0.717, 1.165) is 41.8 Å². The van der Waals surface area contributed by atoms with Crippen molar-refractivity contribution in [3.05, 3.63) is 53.1 Å². The van der Waals surface area contributed by atoms with E-state index in [1.807, 2.05) is 18.2 Å². The summed E-state index contributed by atoms with van der Waals surface area (Å²) in [5.74, 6) is 0.779. The lowest BCUT2D eigenvalue weighted by molar-refractivity contribution is -0.126. The molecular formula is C19H21NO3. The van der Waals surface area contributed by atoms with Gasteiger partial charge in [-0.05, 0) is 37.6 Å². The number of likely N-dealkylation sites (N-methyl/N-ethyl adjacent to an activating group) is 1. The number of hydrogen-bond acceptors (Lipinski definition) is 4. The molecule has 5 rings (SSSR count). The van der Waals surface area contributed by atoms with E-state index >= 15 is 0 Å². The van der Waals surface area contributed by atoms with Gasteiger partial charge in [0.1, 0.15) is 17.5 Å². The number of aliphatic hydroxyl groups is 2. The molecule has 0 radical (unpaired) electrons. The molecule has 1 spiro atoms. The quantitative estimate of drug-likeness (QED) is 0.821. The van der Waals surface area contributed by atoms with Crippen LogP contribution in [0, 0.1) is 0 Å². The second-order valence-corrected chi connectivity index (χ2v) is 7.40. The van der Waals surface area contributed by atoms with Gasteiger partial charge >= 0.3 is 0 Å². The van der Waals surface area contributed by atoms with Gasteiger partial charge in [0, 0.05) is 17.2 Å². The number of piperidine rings is 1. The van der Waals surface area contributed by atoms with Crippen LogP contribution in [0.4, 0.5) is 0 Å². The van der Waals surface area contributed by atoms with Gasteiger partial charge in [-0.1, -0.05) is 30.9 Å². The van der Waals surface area contributed by atoms with Gasteiger partial charge in [0.25, 0.3) is 0 Å². The molecule has 1 fully saturated rings. The second kappa shape index (κ2) is 4.07. The maximum atomic E-state index is 11.8. The number of hydrogen-bond donors (Lipinski definition) is 2. The summed E-state index contributed by atoms with van der Waals surface area (Å²) in [6, 6.07) is 4.11. The van der Waals surface area contributed by atoms with Gasteiger partial charge in [-0.2, -0.15) is 0 Å². The second-order valence-electron chi connectivity index (χ2n) is 7.40. The molecule has 4 atom stereocenters. The van der Waals surface area contributed by atoms with E-state index in [-0.39, 0.29) is 18.8 Å². The van der Waals surface area contributed by atoms with Gasteiger partial charge in [0.2, 0.25) is 0 Å². The Kier molecular flexibility index (Phi) is 2.44. The molecule has 0 aromatic heterocycles. The van der Waals surface area contributed by atoms with E-state index in [4.69, 9.17) is 4.74 Å². The number of rotatable bonds is 1. The molecule has 2 aliphatic carbocycles. The Labute approximate surface area is 135 Å². The summed E-state index contributed by atoms with van der Waals surface area (Å²) in [7, 11) is 2.09. The van der Waals surface area contributed by atoms with Crippen LogP contribution < -0.4 is 4.74 Å². The van der Waals surface area contributed by atoms with Crippen LogP contribution in [-0.4, -0.2) is 46.5 Å². The van der Waals surface area contributed by atoms with Crippen molar-refractivity contribution in [1.82, 2.24) is 4.90 Å². The number of ether oxygens (including phenoxy) is 1. The molecule has 2 N–H and O–H groups in total. The molecule has 23 heavy (non-hydrogen) atoms. The summed E-state index contributed by atoms with van der Waals surface area (Å²) in [6.45, 7) is 5.06. The van der Waals surface area contributed by atoms with Crippen molar-refractivity contribution < 1.29 is 14.9 Å². The van der Waals surface area contributed by atoms with Crippen LogP contribution in [0.1, 0.15) is 23.1 Å². The summed E-state index contributed by atoms with van der Waals surface area (Å²) in [5.41, 5.74) is 2.66. The fourth-order valence-electron chi connectivity index (χ4n) is 5.44. The molecule has 2 bridgehead atoms. The average molecular weight is 311 g/mol. The van der Waals surface area contributed by atoms with Crippen LogP contribution in [0.3, 0.4) is 0 Å². The first kappa shape index (κ1) is 13.8. The summed E-state index contributed by atoms with van der Waals surface area (Å²) in [6.07, 6.45) is 5.26. The van der Waals surface area contributed by atoms with Crippen molar-refractivity contribution in [1.29, 1.82) is 0 Å². The first-order chi connectivity index (χ1) is 11.0. The first-order valence-electron chi connectivity index (χ1n) is 8.26. The zero-order chi connectivity index (χ0) is 16.0. The largest absolute Gasteiger partial charge is 0.484 e. The molecule has 2 aliphatic heterocycles. The molecule has 1 unspecified atom stereocenters. The molecule has 2 heterocycles. The highest BCUT2D eigenvalue weighted by Crippen LogP contribution is 2.63. The SMILES string of the molecule is C=C1C=C[C@@]2(O)C3Cc4ccc(CO)c5c4[C@@]2(CCN3C)[C@H]1O5. The Balaban J connectivity index is 1.89. The molecular weight excluding hydrogens is 290 g/mol. The Morgan fingerprint density at radius 1 is 1.43 bits per heavy atom. The Bertz CT molecular complexity index is 770. The zero-order valence-electron chi connectivity index (χ0n) is 13.2. The molecule has 4 heteroatoms. The maximum Gasteiger partial charge on any atom is 0.136 e. The Morgan fingerprint density at radius 2 is 2.26 bits per heavy atom. The van der Waals surface area contributed by atoms with Gasteiger partial charge in [-0.25, -0.2) is 0 Å². The predicted octanol–water partition coefficient (Wildman–Crippen LogP) is 1.29. The highest BCUT2D eigenvalue weighted by molar-refractivity contribution is 5.64. The van der Waals surface area contributed by atoms with Crippen LogP contribution in [0.5, 0.6) is 5.75 Å². The molecule has 1 aromatic rings. The molecule has 0 amide bonds. The zero-order valence-corrected chi connectivity index (χ0v) is 13.2. The normalized spacial score (nSPS) is 40.0. The minimum Gasteiger partial charge on any atom is -0.484 e. The van der Waals surface area contributed by atoms with E-state index in [9.17, 15) is 10.2 Å². The standard InChI is InChI=1S/C19H21NO3/c1-11-5-6-19(22)14-9-12-3-4-13(10-21)16-15(12)18(19,17(11)23-16)7-8-20(14)2/h3-6,14,17,21-22H,1,7-10H2,2H3/t14?,17-,18-,19+/m0/s1. The molecule has 0 saturated carbocycles. The third-order valence-corrected chi connectivity index (χ3v) is 6.54. The van der Waals surface area contributed by atoms with E-state index in [1.54, 1.807) is 0 Å². The van der Waals surface area contributed by atoms with Crippen LogP contribution in [0.15, 0.2) is 36.4 Å². The highest BCUT2D eigenvalue weighted by Gasteiger charge is 2.70. The smallest absolute Gasteiger partial charge is 0.136 e. The predicted molar refractivity (Wildman–Crippen MR) is 86.4 cm³/mol. The number of nitrogens with zero attached hydrogens (tertiary/aromatic N) is 1. The van der Waals surface area contributed by atoms with Crippen LogP contribution in [0.25, 0.3) is 0 Å². The van der Waals surface area contributed by atoms with Crippen LogP contribution in [-0.2, 0) is 18.4 Å². The molecule has 120 valence electrons. The third-order valence-electron chi connectivity index (χ3n) is 6.54. The lowest BCUT2D eigenvalue weighted by Crippen LogP contribution is -2.73. The Morgan fingerprint density at radius 3 is 3.04 bits per heavy atom. The molecule has 1 aromatic carbocycles. The fourth-order valence-corrected chi connectivity index (χ4v) is 5.44. The van der Waals surface area contributed by atoms with Crippen molar-refractivity contribution in [3.8, 4) is 5.75 Å². The number of likely N-dealkylation sites (tertiary alicyclic amines) is 1. The van der Waals surface area contributed by atoms with E-state index in [2.05, 4.69) is 24.6 Å². The van der Waals surface area contributed by atoms with Crippen molar-refractivity contribution >= 4 is 0 Å². The minimum atomic E-state index is -0.946. The van der Waals surface area contributed by atoms with Gasteiger partial charge in [-0.3, -0.25) is 4.90 Å². The number of aliphatic hydroxyl groups excluding tert-OH is 1. The maximum absolute atomic E-state index is 11.8. The van der Waals surface area contributed by atoms with Crippen molar-refractivity contribution in [2.75, 3.05) is 13.6 Å². The molecule has 4 aliphatic rings. The van der Waals surface area contributed by atoms with Gasteiger partial charge in [0.15, 0.2) is 0 Å². The lowest BCUT2D eigenvalue weighted by atomic mass is 9.50. The summed E-state index contributed by atoms with van der Waals surface area (Å²) in [4.78, 5) is 2.27. The first-order valence-corrected chi connectivity index (χ1v) is 8.26. The Hall–Kier alpha value is -1.62. The number of benzene rings is 1. The summed E-state index contributed by atoms with van der Waals surface area (Å²) < 4.78 is 6.32. The fraction of sp³-hybridized carbons (Fsp3) is 0.474. The van der Waals surface area contributed by atoms with Crippen LogP contribution in [0.2, 0.25) is 0 Å². The monoisotopic (exact) mass is 311 g/mol. The van der Waals surface area contributed by atoms with Crippen molar-refractivity contribution in [2.45, 2.75) is 42.6 Å².